The Hall–Kier alpha value is -13.4. The van der Waals surface area contributed by atoms with Gasteiger partial charge in [-0.1, -0.05) is 12.1 Å². The number of aromatic nitrogens is 12. The molecule has 0 spiro atoms. The number of aryl methyl sites for hydroxylation is 4. The van der Waals surface area contributed by atoms with Gasteiger partial charge in [-0.2, -0.15) is 56.2 Å². The van der Waals surface area contributed by atoms with Crippen molar-refractivity contribution in [3.63, 3.8) is 0 Å². The van der Waals surface area contributed by atoms with Gasteiger partial charge in [0, 0.05) is 149 Å². The predicted molar refractivity (Wildman–Crippen MR) is 478 cm³/mol. The number of nitrogen functional groups attached to an aromatic ring is 2. The highest BCUT2D eigenvalue weighted by Gasteiger charge is 2.35. The van der Waals surface area contributed by atoms with Gasteiger partial charge in [0.1, 0.15) is 65.1 Å². The van der Waals surface area contributed by atoms with Crippen molar-refractivity contribution in [2.75, 3.05) is 153 Å². The molecule has 5 aromatic heterocycles. The first-order valence-corrected chi connectivity index (χ1v) is 39.8. The van der Waals surface area contributed by atoms with E-state index in [4.69, 9.17) is 41.7 Å². The maximum atomic E-state index is 13.8. The minimum Gasteiger partial charge on any atom is -0.482 e. The SMILES string of the molecule is CCOC(C)=N.CCOC(C)=NC#N.CN(C(=O)OC(C)(C)C)c1cc(NN)ncn1.CNc1cc(-n2nc(C)nc2Nc2cc(C(=O)Nc3cc(N4CCN(C)CC4)cc(C(F)(F)F)c3)ccc2C)ncn1.Cc1ccc(C(=O)Nc2cc(N3CCN(C)CC3)cc(C(F)(F)F)c2)cc1I.Cc1nc(N)n(-c2cc(N(C)C(=O)OC(C)(C)C)ncn2)n1.N#CN. The lowest BCUT2D eigenvalue weighted by atomic mass is 10.1. The van der Waals surface area contributed by atoms with E-state index in [2.05, 4.69) is 125 Å². The molecule has 38 nitrogen and oxygen atoms in total. The van der Waals surface area contributed by atoms with Gasteiger partial charge in [0.15, 0.2) is 29.6 Å². The molecule has 4 aromatic carbocycles. The molecule has 4 amide bonds. The molecule has 678 valence electrons. The molecule has 0 atom stereocenters. The van der Waals surface area contributed by atoms with Crippen molar-refractivity contribution in [2.45, 2.75) is 120 Å². The number of halogens is 7. The summed E-state index contributed by atoms with van der Waals surface area (Å²) in [6.07, 6.45) is -3.15. The smallest absolute Gasteiger partial charge is 0.416 e. The molecule has 0 bridgehead atoms. The number of alkyl halides is 6. The molecular formula is C81H107F6IN30O8. The maximum absolute atomic E-state index is 13.8. The van der Waals surface area contributed by atoms with Gasteiger partial charge >= 0.3 is 24.5 Å². The van der Waals surface area contributed by atoms with Crippen molar-refractivity contribution >= 4 is 122 Å². The van der Waals surface area contributed by atoms with E-state index in [1.165, 1.54) is 44.3 Å². The van der Waals surface area contributed by atoms with Crippen LogP contribution in [0.1, 0.15) is 124 Å². The van der Waals surface area contributed by atoms with E-state index < -0.39 is 58.7 Å². The van der Waals surface area contributed by atoms with Crippen molar-refractivity contribution < 1.29 is 64.5 Å². The Labute approximate surface area is 740 Å². The van der Waals surface area contributed by atoms with Crippen molar-refractivity contribution in [1.29, 1.82) is 15.9 Å². The predicted octanol–water partition coefficient (Wildman–Crippen LogP) is 12.9. The van der Waals surface area contributed by atoms with Crippen LogP contribution in [0.2, 0.25) is 0 Å². The first-order chi connectivity index (χ1) is 59.1. The summed E-state index contributed by atoms with van der Waals surface area (Å²) in [6.45, 7) is 31.6. The zero-order valence-corrected chi connectivity index (χ0v) is 75.7. The highest BCUT2D eigenvalue weighted by atomic mass is 127. The quantitative estimate of drug-likeness (QED) is 0.00634. The third-order valence-corrected chi connectivity index (χ3v) is 18.3. The summed E-state index contributed by atoms with van der Waals surface area (Å²) >= 11 is 2.13. The number of anilines is 11. The number of carbonyl (C=O) groups is 4. The first-order valence-electron chi connectivity index (χ1n) is 38.7. The van der Waals surface area contributed by atoms with Crippen LogP contribution >= 0.6 is 22.6 Å². The third-order valence-electron chi connectivity index (χ3n) is 17.1. The summed E-state index contributed by atoms with van der Waals surface area (Å²) in [5.41, 5.74) is 13.8. The van der Waals surface area contributed by atoms with Crippen molar-refractivity contribution in [2.24, 2.45) is 16.6 Å². The lowest BCUT2D eigenvalue weighted by Gasteiger charge is -2.34. The molecular weight excluding hydrogens is 1760 g/mol. The number of benzene rings is 4. The second-order valence-electron chi connectivity index (χ2n) is 29.5. The second kappa shape index (κ2) is 48.0. The van der Waals surface area contributed by atoms with Crippen molar-refractivity contribution in [1.82, 2.24) is 69.2 Å². The minimum atomic E-state index is -4.56. The molecule has 0 radical (unpaired) electrons. The molecule has 2 saturated heterocycles. The molecule has 0 unspecified atom stereocenters. The van der Waals surface area contributed by atoms with Crippen LogP contribution in [0.4, 0.5) is 99.5 Å². The Morgan fingerprint density at radius 2 is 1.03 bits per heavy atom. The van der Waals surface area contributed by atoms with Crippen LogP contribution in [0.25, 0.3) is 11.6 Å². The third kappa shape index (κ3) is 34.0. The number of likely N-dealkylation sites (N-methyl/N-ethyl adjacent to an activating group) is 2. The number of hydrazine groups is 1. The molecule has 12 N–H and O–H groups in total. The molecule has 2 aliphatic rings. The number of ether oxygens (including phenoxy) is 4. The number of hydrogen-bond acceptors (Lipinski definition) is 32. The number of piperazine rings is 2. The number of hydrogen-bond donors (Lipinski definition) is 9. The molecule has 2 aliphatic heterocycles. The minimum absolute atomic E-state index is 0.0679. The number of carbonyl (C=O) groups excluding carboxylic acids is 4. The first kappa shape index (κ1) is 103. The topological polar surface area (TPSA) is 485 Å². The fraction of sp³-hybridized carbons (Fsp3) is 0.407. The number of nitriles is 2. The average Bonchev–Trinajstić information content (AvgIpc) is 1.22. The summed E-state index contributed by atoms with van der Waals surface area (Å²) < 4.78 is 105. The molecule has 7 heterocycles. The second-order valence-corrected chi connectivity index (χ2v) is 30.6. The molecule has 2 fully saturated rings. The highest BCUT2D eigenvalue weighted by Crippen LogP contribution is 2.38. The monoisotopic (exact) mass is 1870 g/mol. The van der Waals surface area contributed by atoms with Crippen molar-refractivity contribution in [3.8, 4) is 24.0 Å². The Morgan fingerprint density at radius 1 is 0.595 bits per heavy atom. The molecule has 126 heavy (non-hydrogen) atoms. The summed E-state index contributed by atoms with van der Waals surface area (Å²) in [5.74, 6) is 9.24. The lowest BCUT2D eigenvalue weighted by molar-refractivity contribution is -0.138. The number of nitrogens with two attached hydrogens (primary N) is 3. The van der Waals surface area contributed by atoms with Crippen LogP contribution in [0.3, 0.4) is 0 Å². The van der Waals surface area contributed by atoms with E-state index in [-0.39, 0.29) is 28.8 Å². The van der Waals surface area contributed by atoms with Crippen LogP contribution < -0.4 is 63.6 Å². The van der Waals surface area contributed by atoms with Crippen LogP contribution in [-0.4, -0.2) is 217 Å². The zero-order valence-electron chi connectivity index (χ0n) is 73.5. The average molecular weight is 1870 g/mol. The summed E-state index contributed by atoms with van der Waals surface area (Å²) in [5, 5.41) is 41.7. The Morgan fingerprint density at radius 3 is 1.45 bits per heavy atom. The van der Waals surface area contributed by atoms with Crippen LogP contribution in [0, 0.1) is 59.6 Å². The van der Waals surface area contributed by atoms with Gasteiger partial charge in [0.2, 0.25) is 18.1 Å². The number of amides is 4. The van der Waals surface area contributed by atoms with Gasteiger partial charge in [-0.05, 0) is 192 Å². The zero-order chi connectivity index (χ0) is 94.1. The van der Waals surface area contributed by atoms with Crippen molar-refractivity contribution in [3.05, 3.63) is 159 Å². The summed E-state index contributed by atoms with van der Waals surface area (Å²) in [4.78, 5) is 96.4. The fourth-order valence-corrected chi connectivity index (χ4v) is 11.3. The normalized spacial score (nSPS) is 12.7. The van der Waals surface area contributed by atoms with E-state index in [0.29, 0.717) is 120 Å². The summed E-state index contributed by atoms with van der Waals surface area (Å²) in [7, 11) is 8.83. The number of rotatable bonds is 16. The highest BCUT2D eigenvalue weighted by molar-refractivity contribution is 14.1. The van der Waals surface area contributed by atoms with Gasteiger partial charge in [-0.3, -0.25) is 24.8 Å². The van der Waals surface area contributed by atoms with E-state index in [0.717, 1.165) is 65.1 Å². The van der Waals surface area contributed by atoms with Crippen LogP contribution in [0.5, 0.6) is 0 Å². The standard InChI is InChI=1S/C28H31F3N10O.C20H21F3IN3O.C13H19N7O2.C10H17N5O2.C5H8N2O.C4H9NO.CH2N2/c1-17-5-6-19(11-23(17)37-27-35-18(2)38-41(27)25-15-24(32-3)33-16-34-25)26(42)36-21-12-20(28(29,30)31)13-22(14-21)40-9-7-39(4)8-10-40;1-13-3-4-14(9-18(13)24)19(28)25-16-10-15(20(21,22)23)11-17(12-16)27-7-5-26(2)6-8-27;1-8-17-11(14)20(18-8)10-6-9(15-7-16-10)19(5)12(21)22-13(2,3)4;1-10(2,3)17-9(16)15(4)8-5-7(14-11)12-6-13-8;1-3-8-5(2)7-4-6;1-3-6-4(2)5;2-1-3/h5-6,11-16H,7-10H2,1-4H3,(H,36,42)(H,32,33,34)(H,35,37,38);3-4,9-12H,5-8H2,1-2H3,(H,25,28);6-7H,1-5H3,(H2,14,17,18);5-6H,11H2,1-4H3,(H,12,13,14);3H2,1-2H3;5H,3H2,1-2H3;2H2. The number of nitrogens with zero attached hydrogens (tertiary/aromatic N) is 21. The van der Waals surface area contributed by atoms with Gasteiger partial charge in [-0.15, -0.1) is 15.2 Å². The van der Waals surface area contributed by atoms with Crippen LogP contribution in [-0.2, 0) is 31.3 Å². The van der Waals surface area contributed by atoms with Gasteiger partial charge in [0.05, 0.1) is 24.3 Å². The molecule has 0 aliphatic carbocycles. The van der Waals surface area contributed by atoms with Crippen LogP contribution in [0.15, 0.2) is 115 Å². The molecule has 11 rings (SSSR count). The summed E-state index contributed by atoms with van der Waals surface area (Å²) in [6, 6.07) is 22.4. The van der Waals surface area contributed by atoms with Gasteiger partial charge in [0.25, 0.3) is 11.8 Å². The molecule has 9 aromatic rings. The molecule has 0 saturated carbocycles. The lowest BCUT2D eigenvalue weighted by Crippen LogP contribution is -2.44. The molecule has 45 heteroatoms. The maximum Gasteiger partial charge on any atom is 0.416 e. The van der Waals surface area contributed by atoms with Gasteiger partial charge in [-0.25, -0.2) is 45.3 Å². The Bertz CT molecular complexity index is 5240. The Kier molecular flexibility index (Phi) is 39.3. The number of nitrogens with one attached hydrogen (secondary N) is 6. The largest absolute Gasteiger partial charge is 0.482 e. The van der Waals surface area contributed by atoms with E-state index in [1.807, 2.05) is 57.7 Å². The van der Waals surface area contributed by atoms with E-state index in [1.54, 1.807) is 157 Å². The van der Waals surface area contributed by atoms with Gasteiger partial charge < -0.3 is 76.7 Å². The van der Waals surface area contributed by atoms with E-state index >= 15 is 0 Å². The fourth-order valence-electron chi connectivity index (χ4n) is 10.8. The number of aliphatic imine (C=N–C) groups is 1. The van der Waals surface area contributed by atoms with E-state index in [9.17, 15) is 45.5 Å². The Balaban J connectivity index is 0.000000292.